The molecule has 0 heterocycles. The molecule has 0 aliphatic heterocycles. The molecule has 1 rings (SSSR count). The van der Waals surface area contributed by atoms with E-state index >= 15 is 0 Å². The Morgan fingerprint density at radius 3 is 2.64 bits per heavy atom. The van der Waals surface area contributed by atoms with E-state index in [1.54, 1.807) is 24.3 Å². The van der Waals surface area contributed by atoms with Gasteiger partial charge in [-0.15, -0.1) is 0 Å². The fraction of sp³-hybridized carbons (Fsp3) is 0.200. The second-order valence-corrected chi connectivity index (χ2v) is 3.15. The molecule has 4 heteroatoms. The SMILES string of the molecule is N#CCCC(=O)Nc1ccc(Cl)cc1. The molecule has 0 aromatic heterocycles. The number of nitrogens with zero attached hydrogens (tertiary/aromatic N) is 1. The van der Waals surface area contributed by atoms with Crippen LogP contribution in [0.4, 0.5) is 5.69 Å². The summed E-state index contributed by atoms with van der Waals surface area (Å²) in [4.78, 5) is 11.2. The molecule has 0 spiro atoms. The Bertz CT molecular complexity index is 353. The van der Waals surface area contributed by atoms with Crippen molar-refractivity contribution in [3.63, 3.8) is 0 Å². The van der Waals surface area contributed by atoms with E-state index in [-0.39, 0.29) is 18.7 Å². The number of amides is 1. The van der Waals surface area contributed by atoms with Crippen molar-refractivity contribution in [2.45, 2.75) is 12.8 Å². The van der Waals surface area contributed by atoms with Crippen LogP contribution in [0.5, 0.6) is 0 Å². The van der Waals surface area contributed by atoms with Crippen LogP contribution in [-0.2, 0) is 4.79 Å². The maximum absolute atomic E-state index is 11.2. The first-order chi connectivity index (χ1) is 6.72. The van der Waals surface area contributed by atoms with Crippen LogP contribution in [0, 0.1) is 11.3 Å². The predicted molar refractivity (Wildman–Crippen MR) is 54.9 cm³/mol. The molecule has 1 N–H and O–H groups in total. The van der Waals surface area contributed by atoms with Gasteiger partial charge in [-0.25, -0.2) is 0 Å². The Morgan fingerprint density at radius 1 is 1.43 bits per heavy atom. The fourth-order valence-electron chi connectivity index (χ4n) is 0.926. The Labute approximate surface area is 87.3 Å². The van der Waals surface area contributed by atoms with Crippen LogP contribution < -0.4 is 5.32 Å². The zero-order valence-corrected chi connectivity index (χ0v) is 8.21. The first-order valence-electron chi connectivity index (χ1n) is 4.15. The van der Waals surface area contributed by atoms with E-state index in [9.17, 15) is 4.79 Å². The number of nitrogens with one attached hydrogen (secondary N) is 1. The predicted octanol–water partition coefficient (Wildman–Crippen LogP) is 2.58. The summed E-state index contributed by atoms with van der Waals surface area (Å²) in [6.07, 6.45) is 0.457. The molecule has 14 heavy (non-hydrogen) atoms. The zero-order valence-electron chi connectivity index (χ0n) is 7.46. The van der Waals surface area contributed by atoms with Crippen LogP contribution in [0.25, 0.3) is 0 Å². The molecule has 0 fully saturated rings. The summed E-state index contributed by atoms with van der Waals surface area (Å²) in [7, 11) is 0. The molecule has 0 radical (unpaired) electrons. The Hall–Kier alpha value is -1.53. The largest absolute Gasteiger partial charge is 0.326 e. The van der Waals surface area contributed by atoms with Crippen LogP contribution in [0.15, 0.2) is 24.3 Å². The Kier molecular flexibility index (Phi) is 3.96. The highest BCUT2D eigenvalue weighted by atomic mass is 35.5. The molecule has 3 nitrogen and oxygen atoms in total. The lowest BCUT2D eigenvalue weighted by Gasteiger charge is -2.02. The minimum absolute atomic E-state index is 0.158. The second-order valence-electron chi connectivity index (χ2n) is 2.71. The van der Waals surface area contributed by atoms with Gasteiger partial charge in [0.25, 0.3) is 0 Å². The number of carbonyl (C=O) groups excluding carboxylic acids is 1. The lowest BCUT2D eigenvalue weighted by Crippen LogP contribution is -2.10. The molecule has 0 saturated heterocycles. The van der Waals surface area contributed by atoms with Gasteiger partial charge >= 0.3 is 0 Å². The minimum Gasteiger partial charge on any atom is -0.326 e. The van der Waals surface area contributed by atoms with Gasteiger partial charge in [-0.3, -0.25) is 4.79 Å². The highest BCUT2D eigenvalue weighted by molar-refractivity contribution is 6.30. The second kappa shape index (κ2) is 5.25. The standard InChI is InChI=1S/C10H9ClN2O/c11-8-3-5-9(6-4-8)13-10(14)2-1-7-12/h3-6H,1-2H2,(H,13,14). The number of benzene rings is 1. The van der Waals surface area contributed by atoms with Crippen molar-refractivity contribution in [3.05, 3.63) is 29.3 Å². The third kappa shape index (κ3) is 3.46. The highest BCUT2D eigenvalue weighted by Gasteiger charge is 2.00. The molecular formula is C10H9ClN2O. The van der Waals surface area contributed by atoms with Crippen molar-refractivity contribution in [3.8, 4) is 6.07 Å². The zero-order chi connectivity index (χ0) is 10.4. The number of halogens is 1. The summed E-state index contributed by atoms with van der Waals surface area (Å²) in [5.74, 6) is -0.158. The van der Waals surface area contributed by atoms with Gasteiger partial charge in [-0.05, 0) is 24.3 Å². The van der Waals surface area contributed by atoms with Crippen molar-refractivity contribution in [2.24, 2.45) is 0 Å². The number of hydrogen-bond donors (Lipinski definition) is 1. The third-order valence-electron chi connectivity index (χ3n) is 1.59. The molecule has 1 aromatic carbocycles. The summed E-state index contributed by atoms with van der Waals surface area (Å²) in [5, 5.41) is 11.6. The van der Waals surface area contributed by atoms with E-state index < -0.39 is 0 Å². The van der Waals surface area contributed by atoms with E-state index in [1.165, 1.54) is 0 Å². The quantitative estimate of drug-likeness (QED) is 0.830. The fourth-order valence-corrected chi connectivity index (χ4v) is 1.05. The average molecular weight is 209 g/mol. The molecule has 0 aliphatic rings. The van der Waals surface area contributed by atoms with E-state index in [0.29, 0.717) is 10.7 Å². The maximum Gasteiger partial charge on any atom is 0.225 e. The van der Waals surface area contributed by atoms with Gasteiger partial charge in [0.1, 0.15) is 0 Å². The molecule has 0 atom stereocenters. The number of nitriles is 1. The normalized spacial score (nSPS) is 9.14. The maximum atomic E-state index is 11.2. The first kappa shape index (κ1) is 10.6. The van der Waals surface area contributed by atoms with Crippen molar-refractivity contribution >= 4 is 23.2 Å². The molecule has 1 amide bonds. The van der Waals surface area contributed by atoms with E-state index in [2.05, 4.69) is 5.32 Å². The van der Waals surface area contributed by atoms with E-state index in [0.717, 1.165) is 0 Å². The van der Waals surface area contributed by atoms with Gasteiger partial charge < -0.3 is 5.32 Å². The lowest BCUT2D eigenvalue weighted by molar-refractivity contribution is -0.116. The minimum atomic E-state index is -0.158. The van der Waals surface area contributed by atoms with Crippen molar-refractivity contribution in [1.29, 1.82) is 5.26 Å². The van der Waals surface area contributed by atoms with E-state index in [4.69, 9.17) is 16.9 Å². The lowest BCUT2D eigenvalue weighted by atomic mass is 10.3. The number of rotatable bonds is 3. The van der Waals surface area contributed by atoms with Crippen LogP contribution in [-0.4, -0.2) is 5.91 Å². The van der Waals surface area contributed by atoms with Gasteiger partial charge in [-0.2, -0.15) is 5.26 Å². The summed E-state index contributed by atoms with van der Waals surface area (Å²) >= 11 is 5.68. The summed E-state index contributed by atoms with van der Waals surface area (Å²) < 4.78 is 0. The Balaban J connectivity index is 2.49. The highest BCUT2D eigenvalue weighted by Crippen LogP contribution is 2.13. The molecule has 1 aromatic rings. The van der Waals surface area contributed by atoms with Gasteiger partial charge in [0, 0.05) is 23.6 Å². The van der Waals surface area contributed by atoms with Crippen LogP contribution in [0.1, 0.15) is 12.8 Å². The van der Waals surface area contributed by atoms with Gasteiger partial charge in [0.15, 0.2) is 0 Å². The molecule has 0 unspecified atom stereocenters. The summed E-state index contributed by atoms with van der Waals surface area (Å²) in [6, 6.07) is 8.73. The van der Waals surface area contributed by atoms with Crippen LogP contribution in [0.3, 0.4) is 0 Å². The number of anilines is 1. The number of hydrogen-bond acceptors (Lipinski definition) is 2. The van der Waals surface area contributed by atoms with Crippen molar-refractivity contribution in [1.82, 2.24) is 0 Å². The summed E-state index contributed by atoms with van der Waals surface area (Å²) in [6.45, 7) is 0. The molecule has 72 valence electrons. The smallest absolute Gasteiger partial charge is 0.225 e. The van der Waals surface area contributed by atoms with Crippen LogP contribution >= 0.6 is 11.6 Å². The van der Waals surface area contributed by atoms with Gasteiger partial charge in [0.2, 0.25) is 5.91 Å². The molecule has 0 aliphatic carbocycles. The molecular weight excluding hydrogens is 200 g/mol. The van der Waals surface area contributed by atoms with E-state index in [1.807, 2.05) is 6.07 Å². The number of carbonyl (C=O) groups is 1. The molecule has 0 saturated carbocycles. The first-order valence-corrected chi connectivity index (χ1v) is 4.52. The van der Waals surface area contributed by atoms with Gasteiger partial charge in [-0.1, -0.05) is 11.6 Å². The average Bonchev–Trinajstić information content (AvgIpc) is 2.18. The Morgan fingerprint density at radius 2 is 2.07 bits per heavy atom. The third-order valence-corrected chi connectivity index (χ3v) is 1.84. The van der Waals surface area contributed by atoms with Crippen LogP contribution in [0.2, 0.25) is 5.02 Å². The molecule has 0 bridgehead atoms. The van der Waals surface area contributed by atoms with Crippen molar-refractivity contribution < 1.29 is 4.79 Å². The monoisotopic (exact) mass is 208 g/mol. The topological polar surface area (TPSA) is 52.9 Å². The summed E-state index contributed by atoms with van der Waals surface area (Å²) in [5.41, 5.74) is 0.692. The van der Waals surface area contributed by atoms with Crippen molar-refractivity contribution in [2.75, 3.05) is 5.32 Å². The van der Waals surface area contributed by atoms with Gasteiger partial charge in [0.05, 0.1) is 6.07 Å².